The first kappa shape index (κ1) is 32.1. The highest BCUT2D eigenvalue weighted by molar-refractivity contribution is 5.88. The Morgan fingerprint density at radius 2 is 0.830 bits per heavy atom. The Labute approximate surface area is 306 Å². The molecule has 2 aliphatic heterocycles. The number of hydrogen-bond donors (Lipinski definition) is 7. The molecule has 0 aliphatic carbocycles. The first-order valence-corrected chi connectivity index (χ1v) is 18.0. The number of allylic oxidation sites excluding steroid dienone is 2. The van der Waals surface area contributed by atoms with E-state index < -0.39 is 0 Å². The fourth-order valence-electron chi connectivity index (χ4n) is 7.82. The summed E-state index contributed by atoms with van der Waals surface area (Å²) in [6, 6.07) is 43.4. The van der Waals surface area contributed by atoms with Crippen molar-refractivity contribution in [2.75, 3.05) is 0 Å². The number of H-pyrrole nitrogens is 3. The number of nitrogens with one attached hydrogen (secondary N) is 4. The molecule has 0 saturated carbocycles. The van der Waals surface area contributed by atoms with Gasteiger partial charge < -0.3 is 35.6 Å². The van der Waals surface area contributed by atoms with E-state index in [1.54, 1.807) is 30.3 Å². The predicted octanol–water partition coefficient (Wildman–Crippen LogP) is 7.76. The molecule has 1 saturated heterocycles. The molecule has 7 aromatic rings. The van der Waals surface area contributed by atoms with Crippen LogP contribution in [0.1, 0.15) is 70.4 Å². The first-order chi connectivity index (χ1) is 25.9. The molecular formula is C46H38N4O3. The zero-order chi connectivity index (χ0) is 36.1. The van der Waals surface area contributed by atoms with Gasteiger partial charge in [0, 0.05) is 67.2 Å². The Morgan fingerprint density at radius 1 is 0.434 bits per heavy atom. The maximum absolute atomic E-state index is 10.6. The number of hydrogen-bond acceptors (Lipinski definition) is 4. The van der Waals surface area contributed by atoms with Crippen molar-refractivity contribution >= 4 is 22.3 Å². The van der Waals surface area contributed by atoms with Gasteiger partial charge in [-0.05, 0) is 120 Å². The lowest BCUT2D eigenvalue weighted by Crippen LogP contribution is -2.18. The van der Waals surface area contributed by atoms with E-state index in [4.69, 9.17) is 0 Å². The molecule has 9 rings (SSSR count). The molecule has 3 aromatic heterocycles. The number of aromatic amines is 3. The van der Waals surface area contributed by atoms with E-state index in [0.29, 0.717) is 0 Å². The molecule has 0 atom stereocenters. The molecule has 4 aromatic carbocycles. The van der Waals surface area contributed by atoms with Crippen molar-refractivity contribution in [1.82, 2.24) is 20.3 Å². The summed E-state index contributed by atoms with van der Waals surface area (Å²) in [5.41, 5.74) is 14.5. The highest BCUT2D eigenvalue weighted by atomic mass is 16.3. The molecular weight excluding hydrogens is 657 g/mol. The Hall–Kier alpha value is -6.86. The SMILES string of the molecule is CCc1cccc(C2=c3ccc([nH]3)=C(c3cccc(O)c3)c3ccc([nH]3)C(c3cccc(O)c3)=C3CCC(=C(c4cccc(O)c4)c4ccc2[nH]4)N3)c1. The number of phenolic OH excluding ortho intramolecular Hbond substituents is 3. The molecule has 53 heavy (non-hydrogen) atoms. The van der Waals surface area contributed by atoms with Crippen LogP contribution in [0.5, 0.6) is 17.2 Å². The normalized spacial score (nSPS) is 14.2. The van der Waals surface area contributed by atoms with Crippen molar-refractivity contribution in [2.45, 2.75) is 26.2 Å². The number of aromatic hydroxyl groups is 3. The smallest absolute Gasteiger partial charge is 0.116 e. The highest BCUT2D eigenvalue weighted by Crippen LogP contribution is 2.39. The van der Waals surface area contributed by atoms with Gasteiger partial charge in [0.2, 0.25) is 0 Å². The van der Waals surface area contributed by atoms with Crippen LogP contribution in [0.2, 0.25) is 0 Å². The Morgan fingerprint density at radius 3 is 1.26 bits per heavy atom. The molecule has 0 amide bonds. The van der Waals surface area contributed by atoms with Gasteiger partial charge in [-0.2, -0.15) is 0 Å². The molecule has 8 bridgehead atoms. The highest BCUT2D eigenvalue weighted by Gasteiger charge is 2.26. The van der Waals surface area contributed by atoms with E-state index in [1.165, 1.54) is 5.56 Å². The van der Waals surface area contributed by atoms with Gasteiger partial charge >= 0.3 is 0 Å². The summed E-state index contributed by atoms with van der Waals surface area (Å²) in [5.74, 6) is 0.567. The largest absolute Gasteiger partial charge is 0.508 e. The summed E-state index contributed by atoms with van der Waals surface area (Å²) in [7, 11) is 0. The minimum absolute atomic E-state index is 0.183. The lowest BCUT2D eigenvalue weighted by atomic mass is 9.98. The van der Waals surface area contributed by atoms with Gasteiger partial charge in [0.05, 0.1) is 0 Å². The standard InChI is InChI=1S/C46H38N4O3/c1-2-27-7-3-8-28(23-27)43-35-15-17-37(47-35)44(29-9-4-12-32(51)24-29)39-19-21-41(49-39)46(31-11-6-14-34(53)26-31)42-22-20-40(50-42)45(38-18-16-36(43)48-38)30-10-5-13-33(52)25-30/h3-19,21,23-26,47-53H,2,20,22H2,1H3. The third kappa shape index (κ3) is 5.92. The van der Waals surface area contributed by atoms with Crippen LogP contribution in [0.3, 0.4) is 0 Å². The van der Waals surface area contributed by atoms with E-state index >= 15 is 0 Å². The molecule has 0 spiro atoms. The molecule has 1 fully saturated rings. The molecule has 7 N–H and O–H groups in total. The number of fused-ring (bicyclic) bond motifs is 8. The predicted molar refractivity (Wildman–Crippen MR) is 209 cm³/mol. The van der Waals surface area contributed by atoms with E-state index in [9.17, 15) is 15.3 Å². The number of aromatic nitrogens is 3. The second kappa shape index (κ2) is 13.0. The average Bonchev–Trinajstić information content (AvgIpc) is 4.00. The number of rotatable bonds is 5. The number of phenols is 3. The van der Waals surface area contributed by atoms with Crippen LogP contribution in [0.4, 0.5) is 0 Å². The topological polar surface area (TPSA) is 120 Å². The lowest BCUT2D eigenvalue weighted by Gasteiger charge is -2.15. The maximum atomic E-state index is 10.6. The summed E-state index contributed by atoms with van der Waals surface area (Å²) in [4.78, 5) is 11.3. The van der Waals surface area contributed by atoms with Gasteiger partial charge in [0.1, 0.15) is 17.2 Å². The monoisotopic (exact) mass is 694 g/mol. The van der Waals surface area contributed by atoms with Crippen LogP contribution < -0.4 is 16.0 Å². The average molecular weight is 695 g/mol. The summed E-state index contributed by atoms with van der Waals surface area (Å²) < 4.78 is 0. The quantitative estimate of drug-likeness (QED) is 0.0997. The number of aryl methyl sites for hydroxylation is 1. The fraction of sp³-hybridized carbons (Fsp3) is 0.0870. The second-order valence-electron chi connectivity index (χ2n) is 13.6. The van der Waals surface area contributed by atoms with Gasteiger partial charge in [0.25, 0.3) is 0 Å². The van der Waals surface area contributed by atoms with Crippen LogP contribution in [-0.2, 0) is 6.42 Å². The Kier molecular flexibility index (Phi) is 7.89. The summed E-state index contributed by atoms with van der Waals surface area (Å²) in [6.07, 6.45) is 2.38. The van der Waals surface area contributed by atoms with E-state index in [1.807, 2.05) is 42.5 Å². The van der Waals surface area contributed by atoms with Crippen LogP contribution in [0.15, 0.2) is 145 Å². The van der Waals surface area contributed by atoms with Crippen LogP contribution in [0, 0.1) is 0 Å². The lowest BCUT2D eigenvalue weighted by molar-refractivity contribution is 0.474. The van der Waals surface area contributed by atoms with Crippen molar-refractivity contribution in [3.05, 3.63) is 206 Å². The summed E-state index contributed by atoms with van der Waals surface area (Å²) in [6.45, 7) is 2.17. The van der Waals surface area contributed by atoms with Crippen LogP contribution in [-0.4, -0.2) is 30.3 Å². The molecule has 0 unspecified atom stereocenters. The molecule has 0 radical (unpaired) electrons. The first-order valence-electron chi connectivity index (χ1n) is 18.0. The van der Waals surface area contributed by atoms with Crippen LogP contribution in [0.25, 0.3) is 22.3 Å². The van der Waals surface area contributed by atoms with E-state index in [0.717, 1.165) is 109 Å². The number of benzene rings is 4. The van der Waals surface area contributed by atoms with Crippen LogP contribution >= 0.6 is 0 Å². The second-order valence-corrected chi connectivity index (χ2v) is 13.6. The summed E-state index contributed by atoms with van der Waals surface area (Å²) in [5, 5.41) is 37.5. The van der Waals surface area contributed by atoms with Crippen molar-refractivity contribution < 1.29 is 15.3 Å². The minimum atomic E-state index is 0.183. The Balaban J connectivity index is 1.40. The van der Waals surface area contributed by atoms with Gasteiger partial charge in [0.15, 0.2) is 0 Å². The maximum Gasteiger partial charge on any atom is 0.116 e. The van der Waals surface area contributed by atoms with E-state index in [2.05, 4.69) is 87.9 Å². The molecule has 7 nitrogen and oxygen atoms in total. The van der Waals surface area contributed by atoms with Crippen molar-refractivity contribution in [2.24, 2.45) is 0 Å². The van der Waals surface area contributed by atoms with Crippen molar-refractivity contribution in [3.63, 3.8) is 0 Å². The van der Waals surface area contributed by atoms with E-state index in [-0.39, 0.29) is 17.2 Å². The molecule has 5 heterocycles. The minimum Gasteiger partial charge on any atom is -0.508 e. The fourth-order valence-corrected chi connectivity index (χ4v) is 7.82. The third-order valence-electron chi connectivity index (χ3n) is 10.2. The summed E-state index contributed by atoms with van der Waals surface area (Å²) >= 11 is 0. The molecule has 7 heteroatoms. The molecule has 2 aliphatic rings. The zero-order valence-corrected chi connectivity index (χ0v) is 29.2. The van der Waals surface area contributed by atoms with Crippen molar-refractivity contribution in [1.29, 1.82) is 0 Å². The van der Waals surface area contributed by atoms with Gasteiger partial charge in [-0.15, -0.1) is 0 Å². The van der Waals surface area contributed by atoms with Crippen molar-refractivity contribution in [3.8, 4) is 17.2 Å². The molecule has 260 valence electrons. The zero-order valence-electron chi connectivity index (χ0n) is 29.2. The van der Waals surface area contributed by atoms with Gasteiger partial charge in [-0.1, -0.05) is 67.6 Å². The van der Waals surface area contributed by atoms with Gasteiger partial charge in [-0.3, -0.25) is 0 Å². The van der Waals surface area contributed by atoms with Gasteiger partial charge in [-0.25, -0.2) is 0 Å². The Bertz CT molecular complexity index is 2740. The third-order valence-corrected chi connectivity index (χ3v) is 10.2.